The number of aryl methyl sites for hydroxylation is 2. The predicted octanol–water partition coefficient (Wildman–Crippen LogP) is 3.40. The highest BCUT2D eigenvalue weighted by atomic mass is 35.5. The van der Waals surface area contributed by atoms with Gasteiger partial charge in [0.15, 0.2) is 0 Å². The van der Waals surface area contributed by atoms with E-state index in [1.54, 1.807) is 44.2 Å². The maximum absolute atomic E-state index is 12.3. The lowest BCUT2D eigenvalue weighted by molar-refractivity contribution is 0.0944. The summed E-state index contributed by atoms with van der Waals surface area (Å²) in [6, 6.07) is 10.6. The van der Waals surface area contributed by atoms with Crippen molar-refractivity contribution in [2.75, 3.05) is 0 Å². The third kappa shape index (κ3) is 2.95. The van der Waals surface area contributed by atoms with Crippen molar-refractivity contribution >= 4 is 23.6 Å². The molecule has 0 spiro atoms. The molecule has 0 amide bonds. The van der Waals surface area contributed by atoms with Crippen molar-refractivity contribution in [3.05, 3.63) is 57.9 Å². The third-order valence-corrected chi connectivity index (χ3v) is 2.99. The number of benzene rings is 1. The molecule has 0 saturated carbocycles. The van der Waals surface area contributed by atoms with Gasteiger partial charge < -0.3 is 0 Å². The molecular formula is C15H12ClN3O. The summed E-state index contributed by atoms with van der Waals surface area (Å²) in [6.45, 7) is 3.57. The molecule has 0 aliphatic heterocycles. The molecule has 5 heteroatoms. The van der Waals surface area contributed by atoms with Gasteiger partial charge in [0.1, 0.15) is 11.6 Å². The van der Waals surface area contributed by atoms with Gasteiger partial charge in [-0.25, -0.2) is 4.68 Å². The van der Waals surface area contributed by atoms with Gasteiger partial charge in [0, 0.05) is 10.7 Å². The van der Waals surface area contributed by atoms with Gasteiger partial charge in [0.25, 0.3) is 5.91 Å². The SMILES string of the molecule is Cc1cc(C)n(C(=O)/C(C#N)=C/c2ccc(Cl)cc2)n1. The zero-order valence-electron chi connectivity index (χ0n) is 11.1. The number of carbonyl (C=O) groups excluding carboxylic acids is 1. The van der Waals surface area contributed by atoms with Gasteiger partial charge in [-0.15, -0.1) is 0 Å². The van der Waals surface area contributed by atoms with E-state index in [0.717, 1.165) is 11.3 Å². The number of nitriles is 1. The monoisotopic (exact) mass is 285 g/mol. The second kappa shape index (κ2) is 5.72. The predicted molar refractivity (Wildman–Crippen MR) is 77.4 cm³/mol. The van der Waals surface area contributed by atoms with E-state index in [9.17, 15) is 4.79 Å². The van der Waals surface area contributed by atoms with Crippen molar-refractivity contribution in [2.45, 2.75) is 13.8 Å². The average molecular weight is 286 g/mol. The quantitative estimate of drug-likeness (QED) is 0.627. The van der Waals surface area contributed by atoms with Crippen LogP contribution in [0.2, 0.25) is 5.02 Å². The van der Waals surface area contributed by atoms with E-state index in [2.05, 4.69) is 5.10 Å². The van der Waals surface area contributed by atoms with Crippen LogP contribution in [-0.4, -0.2) is 15.7 Å². The highest BCUT2D eigenvalue weighted by molar-refractivity contribution is 6.30. The highest BCUT2D eigenvalue weighted by Gasteiger charge is 2.15. The van der Waals surface area contributed by atoms with Crippen LogP contribution in [0.25, 0.3) is 6.08 Å². The van der Waals surface area contributed by atoms with Crippen LogP contribution >= 0.6 is 11.6 Å². The number of aromatic nitrogens is 2. The van der Waals surface area contributed by atoms with Gasteiger partial charge in [-0.1, -0.05) is 23.7 Å². The Balaban J connectivity index is 2.38. The maximum Gasteiger partial charge on any atom is 0.289 e. The number of hydrogen-bond donors (Lipinski definition) is 0. The summed E-state index contributed by atoms with van der Waals surface area (Å²) in [7, 11) is 0. The smallest absolute Gasteiger partial charge is 0.266 e. The Bertz CT molecular complexity index is 721. The van der Waals surface area contributed by atoms with Crippen LogP contribution in [-0.2, 0) is 0 Å². The summed E-state index contributed by atoms with van der Waals surface area (Å²) in [4.78, 5) is 12.3. The molecule has 100 valence electrons. The Hall–Kier alpha value is -2.38. The van der Waals surface area contributed by atoms with Crippen molar-refractivity contribution in [3.63, 3.8) is 0 Å². The molecule has 0 unspecified atom stereocenters. The van der Waals surface area contributed by atoms with Gasteiger partial charge in [-0.3, -0.25) is 4.79 Å². The lowest BCUT2D eigenvalue weighted by Crippen LogP contribution is -2.15. The minimum Gasteiger partial charge on any atom is -0.266 e. The fourth-order valence-corrected chi connectivity index (χ4v) is 1.94. The van der Waals surface area contributed by atoms with Gasteiger partial charge >= 0.3 is 0 Å². The molecule has 0 bridgehead atoms. The largest absolute Gasteiger partial charge is 0.289 e. The van der Waals surface area contributed by atoms with Crippen LogP contribution in [0.5, 0.6) is 0 Å². The maximum atomic E-state index is 12.3. The molecule has 1 heterocycles. The van der Waals surface area contributed by atoms with Gasteiger partial charge in [0.05, 0.1) is 5.69 Å². The van der Waals surface area contributed by atoms with Crippen molar-refractivity contribution < 1.29 is 4.79 Å². The fraction of sp³-hybridized carbons (Fsp3) is 0.133. The molecule has 1 aromatic carbocycles. The summed E-state index contributed by atoms with van der Waals surface area (Å²) in [5.41, 5.74) is 2.20. The van der Waals surface area contributed by atoms with Crippen LogP contribution < -0.4 is 0 Å². The van der Waals surface area contributed by atoms with E-state index in [1.165, 1.54) is 10.8 Å². The van der Waals surface area contributed by atoms with Crippen molar-refractivity contribution in [3.8, 4) is 6.07 Å². The normalized spacial score (nSPS) is 11.2. The molecule has 0 N–H and O–H groups in total. The Labute approximate surface area is 121 Å². The topological polar surface area (TPSA) is 58.7 Å². The van der Waals surface area contributed by atoms with E-state index in [0.29, 0.717) is 10.7 Å². The Morgan fingerprint density at radius 2 is 2.00 bits per heavy atom. The minimum atomic E-state index is -0.437. The number of rotatable bonds is 2. The number of allylic oxidation sites excluding steroid dienone is 1. The van der Waals surface area contributed by atoms with Gasteiger partial charge in [-0.05, 0) is 43.7 Å². The molecular weight excluding hydrogens is 274 g/mol. The Morgan fingerprint density at radius 3 is 2.50 bits per heavy atom. The number of carbonyl (C=O) groups is 1. The molecule has 0 aliphatic rings. The summed E-state index contributed by atoms with van der Waals surface area (Å²) in [5, 5.41) is 13.9. The summed E-state index contributed by atoms with van der Waals surface area (Å²) >= 11 is 5.80. The molecule has 2 aromatic rings. The van der Waals surface area contributed by atoms with E-state index in [4.69, 9.17) is 16.9 Å². The number of hydrogen-bond acceptors (Lipinski definition) is 3. The summed E-state index contributed by atoms with van der Waals surface area (Å²) in [6.07, 6.45) is 1.52. The van der Waals surface area contributed by atoms with Crippen LogP contribution in [0.4, 0.5) is 0 Å². The van der Waals surface area contributed by atoms with Crippen LogP contribution in [0.1, 0.15) is 21.7 Å². The summed E-state index contributed by atoms with van der Waals surface area (Å²) < 4.78 is 1.24. The molecule has 2 rings (SSSR count). The lowest BCUT2D eigenvalue weighted by Gasteiger charge is -2.02. The van der Waals surface area contributed by atoms with E-state index >= 15 is 0 Å². The molecule has 0 aliphatic carbocycles. The molecule has 4 nitrogen and oxygen atoms in total. The number of nitrogens with zero attached hydrogens (tertiary/aromatic N) is 3. The van der Waals surface area contributed by atoms with Gasteiger partial charge in [-0.2, -0.15) is 10.4 Å². The lowest BCUT2D eigenvalue weighted by atomic mass is 10.1. The van der Waals surface area contributed by atoms with Crippen LogP contribution in [0.15, 0.2) is 35.9 Å². The molecule has 0 atom stereocenters. The zero-order valence-corrected chi connectivity index (χ0v) is 11.8. The van der Waals surface area contributed by atoms with E-state index in [1.807, 2.05) is 6.07 Å². The molecule has 0 saturated heterocycles. The van der Waals surface area contributed by atoms with E-state index in [-0.39, 0.29) is 5.57 Å². The first-order valence-electron chi connectivity index (χ1n) is 5.96. The van der Waals surface area contributed by atoms with Crippen molar-refractivity contribution in [1.82, 2.24) is 9.78 Å². The number of halogens is 1. The Kier molecular flexibility index (Phi) is 4.02. The second-order valence-corrected chi connectivity index (χ2v) is 4.80. The first-order chi connectivity index (χ1) is 9.51. The molecule has 1 aromatic heterocycles. The third-order valence-electron chi connectivity index (χ3n) is 2.73. The first-order valence-corrected chi connectivity index (χ1v) is 6.34. The first kappa shape index (κ1) is 14.0. The minimum absolute atomic E-state index is 0.0264. The van der Waals surface area contributed by atoms with Crippen molar-refractivity contribution in [2.24, 2.45) is 0 Å². The van der Waals surface area contributed by atoms with Crippen LogP contribution in [0, 0.1) is 25.2 Å². The highest BCUT2D eigenvalue weighted by Crippen LogP contribution is 2.14. The Morgan fingerprint density at radius 1 is 1.35 bits per heavy atom. The summed E-state index contributed by atoms with van der Waals surface area (Å²) in [5.74, 6) is -0.437. The van der Waals surface area contributed by atoms with Gasteiger partial charge in [0.2, 0.25) is 0 Å². The second-order valence-electron chi connectivity index (χ2n) is 4.37. The van der Waals surface area contributed by atoms with Crippen molar-refractivity contribution in [1.29, 1.82) is 5.26 Å². The fourth-order valence-electron chi connectivity index (χ4n) is 1.82. The van der Waals surface area contributed by atoms with E-state index < -0.39 is 5.91 Å². The molecule has 0 radical (unpaired) electrons. The standard InChI is InChI=1S/C15H12ClN3O/c1-10-7-11(2)19(18-10)15(20)13(9-17)8-12-3-5-14(16)6-4-12/h3-8H,1-2H3/b13-8+. The van der Waals surface area contributed by atoms with Crippen LogP contribution in [0.3, 0.4) is 0 Å². The zero-order chi connectivity index (χ0) is 14.7. The molecule has 0 fully saturated rings. The molecule has 20 heavy (non-hydrogen) atoms. The average Bonchev–Trinajstić information content (AvgIpc) is 2.76.